The number of benzene rings is 1. The van der Waals surface area contributed by atoms with Gasteiger partial charge in [-0.1, -0.05) is 11.6 Å². The van der Waals surface area contributed by atoms with E-state index in [1.165, 1.54) is 29.6 Å². The lowest BCUT2D eigenvalue weighted by molar-refractivity contribution is -0.126. The number of hydrogen-bond acceptors (Lipinski definition) is 6. The molecule has 0 aromatic heterocycles. The molecule has 8 nitrogen and oxygen atoms in total. The fourth-order valence-electron chi connectivity index (χ4n) is 3.13. The SMILES string of the molecule is CCOCCCNC(=O)C1CCN(S(=O)(=O)c2ccc(C(=O)OC)cc2Cl)CC1. The van der Waals surface area contributed by atoms with Gasteiger partial charge in [0.1, 0.15) is 4.90 Å². The van der Waals surface area contributed by atoms with Crippen molar-refractivity contribution in [2.45, 2.75) is 31.1 Å². The summed E-state index contributed by atoms with van der Waals surface area (Å²) in [4.78, 5) is 23.8. The van der Waals surface area contributed by atoms with E-state index in [4.69, 9.17) is 16.3 Å². The molecule has 0 spiro atoms. The first-order valence-corrected chi connectivity index (χ1v) is 11.4. The second-order valence-electron chi connectivity index (χ2n) is 6.66. The quantitative estimate of drug-likeness (QED) is 0.460. The van der Waals surface area contributed by atoms with Gasteiger partial charge < -0.3 is 14.8 Å². The molecule has 0 atom stereocenters. The van der Waals surface area contributed by atoms with Crippen molar-refractivity contribution in [3.8, 4) is 0 Å². The monoisotopic (exact) mass is 446 g/mol. The molecule has 1 aliphatic rings. The Bertz CT molecular complexity index is 822. The Morgan fingerprint density at radius 1 is 1.28 bits per heavy atom. The molecule has 162 valence electrons. The summed E-state index contributed by atoms with van der Waals surface area (Å²) in [6, 6.07) is 3.96. The third-order valence-electron chi connectivity index (χ3n) is 4.76. The number of halogens is 1. The van der Waals surface area contributed by atoms with E-state index >= 15 is 0 Å². The molecular weight excluding hydrogens is 420 g/mol. The topological polar surface area (TPSA) is 102 Å². The number of hydrogen-bond donors (Lipinski definition) is 1. The van der Waals surface area contributed by atoms with Gasteiger partial charge in [-0.15, -0.1) is 0 Å². The van der Waals surface area contributed by atoms with Gasteiger partial charge >= 0.3 is 5.97 Å². The lowest BCUT2D eigenvalue weighted by Gasteiger charge is -2.30. The standard InChI is InChI=1S/C19H27ClN2O6S/c1-3-28-12-4-9-21-18(23)14-7-10-22(11-8-14)29(25,26)17-6-5-15(13-16(17)20)19(24)27-2/h5-6,13-14H,3-4,7-12H2,1-2H3,(H,21,23). The second kappa shape index (κ2) is 10.9. The van der Waals surface area contributed by atoms with Crippen LogP contribution in [0.2, 0.25) is 5.02 Å². The van der Waals surface area contributed by atoms with Crippen molar-refractivity contribution in [2.75, 3.05) is 40.0 Å². The van der Waals surface area contributed by atoms with Gasteiger partial charge in [0.2, 0.25) is 15.9 Å². The summed E-state index contributed by atoms with van der Waals surface area (Å²) in [5.74, 6) is -0.867. The summed E-state index contributed by atoms with van der Waals surface area (Å²) in [6.45, 7) is 4.17. The first-order valence-electron chi connectivity index (χ1n) is 9.54. The maximum Gasteiger partial charge on any atom is 0.337 e. The molecule has 1 aliphatic heterocycles. The van der Waals surface area contributed by atoms with Gasteiger partial charge in [-0.2, -0.15) is 4.31 Å². The summed E-state index contributed by atoms with van der Waals surface area (Å²) < 4.78 is 37.0. The van der Waals surface area contributed by atoms with Gasteiger partial charge in [0.15, 0.2) is 0 Å². The molecule has 29 heavy (non-hydrogen) atoms. The molecule has 1 saturated heterocycles. The number of carbonyl (C=O) groups is 2. The van der Waals surface area contributed by atoms with Crippen LogP contribution in [0.3, 0.4) is 0 Å². The average molecular weight is 447 g/mol. The van der Waals surface area contributed by atoms with Crippen LogP contribution in [-0.2, 0) is 24.3 Å². The Morgan fingerprint density at radius 3 is 2.55 bits per heavy atom. The maximum absolute atomic E-state index is 12.9. The van der Waals surface area contributed by atoms with E-state index in [2.05, 4.69) is 10.1 Å². The molecule has 1 amide bonds. The lowest BCUT2D eigenvalue weighted by atomic mass is 9.97. The molecule has 1 aromatic rings. The minimum Gasteiger partial charge on any atom is -0.465 e. The number of amides is 1. The van der Waals surface area contributed by atoms with Crippen LogP contribution >= 0.6 is 11.6 Å². The number of piperidine rings is 1. The third kappa shape index (κ3) is 6.15. The molecule has 1 N–H and O–H groups in total. The highest BCUT2D eigenvalue weighted by Gasteiger charge is 2.33. The fourth-order valence-corrected chi connectivity index (χ4v) is 5.11. The van der Waals surface area contributed by atoms with E-state index in [1.54, 1.807) is 0 Å². The number of sulfonamides is 1. The largest absolute Gasteiger partial charge is 0.465 e. The molecule has 0 unspecified atom stereocenters. The van der Waals surface area contributed by atoms with E-state index in [0.717, 1.165) is 6.42 Å². The summed E-state index contributed by atoms with van der Waals surface area (Å²) in [6.07, 6.45) is 1.62. The Kier molecular flexibility index (Phi) is 8.88. The van der Waals surface area contributed by atoms with Gasteiger partial charge in [-0.25, -0.2) is 13.2 Å². The highest BCUT2D eigenvalue weighted by Crippen LogP contribution is 2.29. The smallest absolute Gasteiger partial charge is 0.337 e. The van der Waals surface area contributed by atoms with Crippen molar-refractivity contribution in [3.05, 3.63) is 28.8 Å². The maximum atomic E-state index is 12.9. The first kappa shape index (κ1) is 23.6. The average Bonchev–Trinajstić information content (AvgIpc) is 2.72. The minimum atomic E-state index is -3.82. The van der Waals surface area contributed by atoms with Gasteiger partial charge in [0.25, 0.3) is 0 Å². The predicted octanol–water partition coefficient (Wildman–Crippen LogP) is 2.07. The van der Waals surface area contributed by atoms with Crippen LogP contribution in [0.4, 0.5) is 0 Å². The van der Waals surface area contributed by atoms with Crippen molar-refractivity contribution < 1.29 is 27.5 Å². The molecule has 1 aromatic carbocycles. The Balaban J connectivity index is 1.94. The van der Waals surface area contributed by atoms with E-state index in [1.807, 2.05) is 6.92 Å². The number of ether oxygens (including phenoxy) is 2. The first-order chi connectivity index (χ1) is 13.8. The number of nitrogens with one attached hydrogen (secondary N) is 1. The van der Waals surface area contributed by atoms with Gasteiger partial charge in [0, 0.05) is 38.8 Å². The number of nitrogens with zero attached hydrogens (tertiary/aromatic N) is 1. The zero-order valence-corrected chi connectivity index (χ0v) is 18.2. The molecule has 1 fully saturated rings. The van der Waals surface area contributed by atoms with Crippen LogP contribution in [0.15, 0.2) is 23.1 Å². The van der Waals surface area contributed by atoms with Gasteiger partial charge in [-0.3, -0.25) is 4.79 Å². The number of methoxy groups -OCH3 is 1. The van der Waals surface area contributed by atoms with Crippen LogP contribution in [0.1, 0.15) is 36.5 Å². The number of carbonyl (C=O) groups excluding carboxylic acids is 2. The molecule has 0 saturated carbocycles. The van der Waals surface area contributed by atoms with Crippen molar-refractivity contribution in [1.82, 2.24) is 9.62 Å². The Labute approximate surface area is 176 Å². The zero-order valence-electron chi connectivity index (χ0n) is 16.6. The van der Waals surface area contributed by atoms with Crippen LogP contribution in [0.5, 0.6) is 0 Å². The van der Waals surface area contributed by atoms with Gasteiger partial charge in [-0.05, 0) is 44.4 Å². The molecule has 0 radical (unpaired) electrons. The van der Waals surface area contributed by atoms with Crippen LogP contribution < -0.4 is 5.32 Å². The van der Waals surface area contributed by atoms with E-state index in [0.29, 0.717) is 32.6 Å². The summed E-state index contributed by atoms with van der Waals surface area (Å²) >= 11 is 6.12. The number of esters is 1. The predicted molar refractivity (Wildman–Crippen MR) is 108 cm³/mol. The minimum absolute atomic E-state index is 0.0398. The van der Waals surface area contributed by atoms with Crippen LogP contribution in [0, 0.1) is 5.92 Å². The molecule has 10 heteroatoms. The summed E-state index contributed by atoms with van der Waals surface area (Å²) in [7, 11) is -2.58. The number of rotatable bonds is 9. The molecule has 1 heterocycles. The Morgan fingerprint density at radius 2 is 1.97 bits per heavy atom. The van der Waals surface area contributed by atoms with Crippen molar-refractivity contribution >= 4 is 33.5 Å². The van der Waals surface area contributed by atoms with Crippen molar-refractivity contribution in [2.24, 2.45) is 5.92 Å². The summed E-state index contributed by atoms with van der Waals surface area (Å²) in [5, 5.41) is 2.84. The van der Waals surface area contributed by atoms with Crippen molar-refractivity contribution in [3.63, 3.8) is 0 Å². The molecule has 2 rings (SSSR count). The summed E-state index contributed by atoms with van der Waals surface area (Å²) in [5.41, 5.74) is 0.177. The Hall–Kier alpha value is -1.68. The highest BCUT2D eigenvalue weighted by atomic mass is 35.5. The van der Waals surface area contributed by atoms with E-state index in [-0.39, 0.29) is 40.4 Å². The second-order valence-corrected chi connectivity index (χ2v) is 8.97. The zero-order chi connectivity index (χ0) is 21.4. The van der Waals surface area contributed by atoms with Crippen LogP contribution in [-0.4, -0.2) is 64.6 Å². The normalized spacial score (nSPS) is 15.8. The molecular formula is C19H27ClN2O6S. The highest BCUT2D eigenvalue weighted by molar-refractivity contribution is 7.89. The van der Waals surface area contributed by atoms with E-state index in [9.17, 15) is 18.0 Å². The van der Waals surface area contributed by atoms with Crippen molar-refractivity contribution in [1.29, 1.82) is 0 Å². The van der Waals surface area contributed by atoms with E-state index < -0.39 is 16.0 Å². The van der Waals surface area contributed by atoms with Crippen LogP contribution in [0.25, 0.3) is 0 Å². The molecule has 0 aliphatic carbocycles. The lowest BCUT2D eigenvalue weighted by Crippen LogP contribution is -2.43. The molecule has 0 bridgehead atoms. The fraction of sp³-hybridized carbons (Fsp3) is 0.579. The van der Waals surface area contributed by atoms with Gasteiger partial charge in [0.05, 0.1) is 17.7 Å². The third-order valence-corrected chi connectivity index (χ3v) is 7.15.